The molecule has 0 spiro atoms. The van der Waals surface area contributed by atoms with Crippen molar-refractivity contribution >= 4 is 30.7 Å². The van der Waals surface area contributed by atoms with E-state index in [0.29, 0.717) is 45.0 Å². The molecule has 1 amide bonds. The number of carbonyl (C=O) groups is 1. The molecule has 2 aromatic rings. The number of carbonyl (C=O) groups excluding carboxylic acids is 1. The Bertz CT molecular complexity index is 693. The molecule has 0 bridgehead atoms. The van der Waals surface area contributed by atoms with Gasteiger partial charge in [0.2, 0.25) is 11.8 Å². The summed E-state index contributed by atoms with van der Waals surface area (Å²) >= 11 is 0. The van der Waals surface area contributed by atoms with Crippen LogP contribution in [-0.4, -0.2) is 30.6 Å². The lowest BCUT2D eigenvalue weighted by Gasteiger charge is -2.34. The number of aromatic nitrogens is 1. The lowest BCUT2D eigenvalue weighted by molar-refractivity contribution is -0.136. The van der Waals surface area contributed by atoms with Crippen LogP contribution >= 0.6 is 24.8 Å². The van der Waals surface area contributed by atoms with Crippen molar-refractivity contribution in [3.05, 3.63) is 54.2 Å². The quantitative estimate of drug-likeness (QED) is 0.759. The monoisotopic (exact) mass is 413 g/mol. The van der Waals surface area contributed by atoms with Crippen LogP contribution in [0.3, 0.4) is 0 Å². The molecule has 1 aliphatic heterocycles. The van der Waals surface area contributed by atoms with Crippen LogP contribution in [-0.2, 0) is 16.1 Å². The van der Waals surface area contributed by atoms with Crippen molar-refractivity contribution in [3.63, 3.8) is 0 Å². The van der Waals surface area contributed by atoms with Crippen LogP contribution < -0.4 is 15.8 Å². The van der Waals surface area contributed by atoms with Crippen molar-refractivity contribution in [1.82, 2.24) is 10.3 Å². The number of nitrogens with one attached hydrogen (secondary N) is 1. The third kappa shape index (κ3) is 6.07. The highest BCUT2D eigenvalue weighted by atomic mass is 35.5. The second kappa shape index (κ2) is 11.1. The van der Waals surface area contributed by atoms with Crippen LogP contribution in [0.2, 0.25) is 0 Å². The summed E-state index contributed by atoms with van der Waals surface area (Å²) in [4.78, 5) is 16.8. The minimum Gasteiger partial charge on any atom is -0.439 e. The maximum Gasteiger partial charge on any atom is 0.227 e. The van der Waals surface area contributed by atoms with Crippen molar-refractivity contribution in [3.8, 4) is 11.6 Å². The highest BCUT2D eigenvalue weighted by Crippen LogP contribution is 2.29. The number of ether oxygens (including phenoxy) is 2. The summed E-state index contributed by atoms with van der Waals surface area (Å²) in [6.07, 6.45) is 3.03. The largest absolute Gasteiger partial charge is 0.439 e. The molecule has 8 heteroatoms. The SMILES string of the molecule is Cl.Cl.NCC1(C(=O)NCc2ccc(Oc3ccccc3)nc2)CCOCC1. The normalized spacial score (nSPS) is 15.0. The van der Waals surface area contributed by atoms with Crippen molar-refractivity contribution < 1.29 is 14.3 Å². The van der Waals surface area contributed by atoms with Crippen molar-refractivity contribution in [1.29, 1.82) is 0 Å². The number of para-hydroxylation sites is 1. The molecular formula is C19H25Cl2N3O3. The second-order valence-corrected chi connectivity index (χ2v) is 6.20. The fraction of sp³-hybridized carbons (Fsp3) is 0.368. The predicted octanol–water partition coefficient (Wildman–Crippen LogP) is 3.09. The molecular weight excluding hydrogens is 389 g/mol. The Labute approximate surface area is 171 Å². The zero-order chi connectivity index (χ0) is 17.5. The average Bonchev–Trinajstić information content (AvgIpc) is 2.68. The van der Waals surface area contributed by atoms with Crippen LogP contribution in [0.25, 0.3) is 0 Å². The second-order valence-electron chi connectivity index (χ2n) is 6.20. The van der Waals surface area contributed by atoms with Gasteiger partial charge in [-0.05, 0) is 30.5 Å². The van der Waals surface area contributed by atoms with E-state index in [9.17, 15) is 4.79 Å². The zero-order valence-corrected chi connectivity index (χ0v) is 16.6. The van der Waals surface area contributed by atoms with Gasteiger partial charge in [0.05, 0.1) is 5.41 Å². The molecule has 1 aromatic heterocycles. The molecule has 27 heavy (non-hydrogen) atoms. The molecule has 0 saturated carbocycles. The smallest absolute Gasteiger partial charge is 0.227 e. The van der Waals surface area contributed by atoms with E-state index in [1.165, 1.54) is 0 Å². The number of nitrogens with two attached hydrogens (primary N) is 1. The van der Waals surface area contributed by atoms with Crippen LogP contribution in [0.15, 0.2) is 48.7 Å². The molecule has 3 N–H and O–H groups in total. The first-order valence-corrected chi connectivity index (χ1v) is 8.46. The van der Waals surface area contributed by atoms with Crippen LogP contribution in [0.1, 0.15) is 18.4 Å². The number of amides is 1. The molecule has 1 aromatic carbocycles. The molecule has 0 radical (unpaired) electrons. The van der Waals surface area contributed by atoms with Gasteiger partial charge in [-0.2, -0.15) is 0 Å². The Hall–Kier alpha value is -1.86. The molecule has 6 nitrogen and oxygen atoms in total. The number of halogens is 2. The van der Waals surface area contributed by atoms with Crippen LogP contribution in [0.5, 0.6) is 11.6 Å². The van der Waals surface area contributed by atoms with E-state index in [0.717, 1.165) is 11.3 Å². The summed E-state index contributed by atoms with van der Waals surface area (Å²) in [6, 6.07) is 13.2. The maximum absolute atomic E-state index is 12.5. The van der Waals surface area contributed by atoms with Crippen LogP contribution in [0, 0.1) is 5.41 Å². The molecule has 1 fully saturated rings. The number of hydrogen-bond donors (Lipinski definition) is 2. The Balaban J connectivity index is 0.00000182. The van der Waals surface area contributed by atoms with Gasteiger partial charge in [-0.3, -0.25) is 4.79 Å². The van der Waals surface area contributed by atoms with E-state index in [2.05, 4.69) is 10.3 Å². The molecule has 0 aliphatic carbocycles. The standard InChI is InChI=1S/C19H23N3O3.2ClH/c20-14-19(8-10-24-11-9-19)18(23)22-13-15-6-7-17(21-12-15)25-16-4-2-1-3-5-16;;/h1-7,12H,8-11,13-14,20H2,(H,22,23);2*1H. The summed E-state index contributed by atoms with van der Waals surface area (Å²) in [6.45, 7) is 1.92. The van der Waals surface area contributed by atoms with Gasteiger partial charge in [0.1, 0.15) is 5.75 Å². The fourth-order valence-electron chi connectivity index (χ4n) is 2.84. The first-order valence-electron chi connectivity index (χ1n) is 8.46. The Morgan fingerprint density at radius 3 is 2.44 bits per heavy atom. The summed E-state index contributed by atoms with van der Waals surface area (Å²) in [5.74, 6) is 1.24. The van der Waals surface area contributed by atoms with Gasteiger partial charge in [0.15, 0.2) is 0 Å². The fourth-order valence-corrected chi connectivity index (χ4v) is 2.84. The highest BCUT2D eigenvalue weighted by Gasteiger charge is 2.38. The van der Waals surface area contributed by atoms with Gasteiger partial charge in [0, 0.05) is 38.6 Å². The molecule has 2 heterocycles. The summed E-state index contributed by atoms with van der Waals surface area (Å²) in [5.41, 5.74) is 6.25. The Morgan fingerprint density at radius 2 is 1.85 bits per heavy atom. The summed E-state index contributed by atoms with van der Waals surface area (Å²) in [7, 11) is 0. The zero-order valence-electron chi connectivity index (χ0n) is 14.9. The van der Waals surface area contributed by atoms with E-state index in [-0.39, 0.29) is 30.7 Å². The first kappa shape index (κ1) is 23.2. The minimum absolute atomic E-state index is 0. The molecule has 148 valence electrons. The number of rotatable bonds is 6. The Kier molecular flexibility index (Phi) is 9.52. The van der Waals surface area contributed by atoms with Crippen molar-refractivity contribution in [2.24, 2.45) is 11.1 Å². The van der Waals surface area contributed by atoms with Gasteiger partial charge in [-0.15, -0.1) is 24.8 Å². The molecule has 3 rings (SSSR count). The topological polar surface area (TPSA) is 86.5 Å². The average molecular weight is 414 g/mol. The van der Waals surface area contributed by atoms with E-state index in [1.807, 2.05) is 36.4 Å². The lowest BCUT2D eigenvalue weighted by Crippen LogP contribution is -2.48. The lowest BCUT2D eigenvalue weighted by atomic mass is 9.79. The van der Waals surface area contributed by atoms with Gasteiger partial charge < -0.3 is 20.5 Å². The number of pyridine rings is 1. The minimum atomic E-state index is -0.512. The van der Waals surface area contributed by atoms with E-state index >= 15 is 0 Å². The predicted molar refractivity (Wildman–Crippen MR) is 109 cm³/mol. The molecule has 1 saturated heterocycles. The van der Waals surface area contributed by atoms with Gasteiger partial charge in [0.25, 0.3) is 0 Å². The van der Waals surface area contributed by atoms with E-state index in [1.54, 1.807) is 12.3 Å². The number of nitrogens with zero attached hydrogens (tertiary/aromatic N) is 1. The molecule has 0 atom stereocenters. The summed E-state index contributed by atoms with van der Waals surface area (Å²) < 4.78 is 11.0. The van der Waals surface area contributed by atoms with Crippen LogP contribution in [0.4, 0.5) is 0 Å². The highest BCUT2D eigenvalue weighted by molar-refractivity contribution is 5.85. The number of benzene rings is 1. The number of hydrogen-bond acceptors (Lipinski definition) is 5. The van der Waals surface area contributed by atoms with Gasteiger partial charge >= 0.3 is 0 Å². The van der Waals surface area contributed by atoms with Crippen molar-refractivity contribution in [2.75, 3.05) is 19.8 Å². The van der Waals surface area contributed by atoms with Gasteiger partial charge in [-0.1, -0.05) is 24.3 Å². The molecule has 0 unspecified atom stereocenters. The van der Waals surface area contributed by atoms with E-state index in [4.69, 9.17) is 15.2 Å². The first-order chi connectivity index (χ1) is 12.2. The van der Waals surface area contributed by atoms with Gasteiger partial charge in [-0.25, -0.2) is 4.98 Å². The van der Waals surface area contributed by atoms with E-state index < -0.39 is 5.41 Å². The van der Waals surface area contributed by atoms with Crippen molar-refractivity contribution in [2.45, 2.75) is 19.4 Å². The third-order valence-corrected chi connectivity index (χ3v) is 4.54. The third-order valence-electron chi connectivity index (χ3n) is 4.54. The Morgan fingerprint density at radius 1 is 1.15 bits per heavy atom. The molecule has 1 aliphatic rings. The summed E-state index contributed by atoms with van der Waals surface area (Å²) in [5, 5.41) is 2.97. The maximum atomic E-state index is 12.5.